The highest BCUT2D eigenvalue weighted by Gasteiger charge is 2.43. The fourth-order valence-corrected chi connectivity index (χ4v) is 3.29. The molecule has 2 fully saturated rings. The highest BCUT2D eigenvalue weighted by molar-refractivity contribution is 6.12. The number of hydrogen-bond acceptors (Lipinski definition) is 2. The highest BCUT2D eigenvalue weighted by Crippen LogP contribution is 2.45. The lowest BCUT2D eigenvalue weighted by Crippen LogP contribution is -2.16. The van der Waals surface area contributed by atoms with Gasteiger partial charge in [0.25, 0.3) is 0 Å². The maximum Gasteiger partial charge on any atom is 0.417 e. The molecule has 1 aromatic carbocycles. The summed E-state index contributed by atoms with van der Waals surface area (Å²) >= 11 is 0. The van der Waals surface area contributed by atoms with E-state index in [0.29, 0.717) is 5.57 Å². The lowest BCUT2D eigenvalue weighted by atomic mass is 9.91. The van der Waals surface area contributed by atoms with Crippen molar-refractivity contribution in [2.75, 3.05) is 0 Å². The van der Waals surface area contributed by atoms with Crippen LogP contribution in [0, 0.1) is 11.8 Å². The van der Waals surface area contributed by atoms with Crippen LogP contribution in [0.5, 0.6) is 0 Å². The van der Waals surface area contributed by atoms with E-state index in [4.69, 9.17) is 0 Å². The maximum absolute atomic E-state index is 12.9. The van der Waals surface area contributed by atoms with Crippen LogP contribution < -0.4 is 0 Å². The molecule has 3 rings (SSSR count). The number of hydrogen-bond donors (Lipinski definition) is 0. The summed E-state index contributed by atoms with van der Waals surface area (Å²) < 4.78 is 38.7. The Labute approximate surface area is 119 Å². The van der Waals surface area contributed by atoms with Crippen LogP contribution in [0.4, 0.5) is 13.2 Å². The molecule has 0 heterocycles. The summed E-state index contributed by atoms with van der Waals surface area (Å²) in [6, 6.07) is 4.67. The molecule has 2 saturated carbocycles. The first-order valence-electron chi connectivity index (χ1n) is 6.84. The minimum Gasteiger partial charge on any atom is -0.294 e. The monoisotopic (exact) mass is 294 g/mol. The van der Waals surface area contributed by atoms with E-state index in [9.17, 15) is 22.8 Å². The van der Waals surface area contributed by atoms with Crippen molar-refractivity contribution >= 4 is 11.6 Å². The summed E-state index contributed by atoms with van der Waals surface area (Å²) in [6.45, 7) is 0. The average molecular weight is 294 g/mol. The van der Waals surface area contributed by atoms with Gasteiger partial charge in [-0.15, -0.1) is 0 Å². The van der Waals surface area contributed by atoms with Gasteiger partial charge < -0.3 is 0 Å². The molecule has 1 aromatic rings. The standard InChI is InChI=1S/C16H13F3O2/c17-16(18,19)13-4-2-1-3-11(13)14(20)8-12-9-5-6-10(7-9)15(12)21/h1-4,8-10H,5-7H2. The van der Waals surface area contributed by atoms with Crippen molar-refractivity contribution in [3.8, 4) is 0 Å². The van der Waals surface area contributed by atoms with E-state index in [1.807, 2.05) is 0 Å². The Bertz CT molecular complexity index is 643. The van der Waals surface area contributed by atoms with E-state index in [-0.39, 0.29) is 17.6 Å². The molecule has 0 amide bonds. The van der Waals surface area contributed by atoms with Gasteiger partial charge in [-0.1, -0.05) is 18.2 Å². The van der Waals surface area contributed by atoms with Gasteiger partial charge in [-0.2, -0.15) is 13.2 Å². The Morgan fingerprint density at radius 1 is 1.14 bits per heavy atom. The number of carbonyl (C=O) groups excluding carboxylic acids is 2. The lowest BCUT2D eigenvalue weighted by molar-refractivity contribution is -0.137. The minimum absolute atomic E-state index is 0.0353. The second kappa shape index (κ2) is 4.83. The Hall–Kier alpha value is -1.91. The maximum atomic E-state index is 12.9. The fourth-order valence-electron chi connectivity index (χ4n) is 3.29. The topological polar surface area (TPSA) is 34.1 Å². The predicted octanol–water partition coefficient (Wildman–Crippen LogP) is 3.81. The van der Waals surface area contributed by atoms with E-state index in [0.717, 1.165) is 37.5 Å². The molecular weight excluding hydrogens is 281 g/mol. The van der Waals surface area contributed by atoms with Crippen molar-refractivity contribution in [1.29, 1.82) is 0 Å². The number of ketones is 2. The molecule has 21 heavy (non-hydrogen) atoms. The normalized spacial score (nSPS) is 26.6. The van der Waals surface area contributed by atoms with Crippen molar-refractivity contribution in [3.05, 3.63) is 47.0 Å². The van der Waals surface area contributed by atoms with Gasteiger partial charge in [0.1, 0.15) is 0 Å². The summed E-state index contributed by atoms with van der Waals surface area (Å²) in [5, 5.41) is 0. The third-order valence-electron chi connectivity index (χ3n) is 4.31. The third-order valence-corrected chi connectivity index (χ3v) is 4.31. The first-order chi connectivity index (χ1) is 9.88. The molecule has 0 N–H and O–H groups in total. The summed E-state index contributed by atoms with van der Waals surface area (Å²) in [4.78, 5) is 24.1. The Morgan fingerprint density at radius 3 is 2.43 bits per heavy atom. The Kier molecular flexibility index (Phi) is 3.23. The van der Waals surface area contributed by atoms with E-state index >= 15 is 0 Å². The first-order valence-corrected chi connectivity index (χ1v) is 6.84. The van der Waals surface area contributed by atoms with Gasteiger partial charge in [-0.3, -0.25) is 9.59 Å². The zero-order valence-corrected chi connectivity index (χ0v) is 11.1. The summed E-state index contributed by atoms with van der Waals surface area (Å²) in [5.74, 6) is -0.792. The fraction of sp³-hybridized carbons (Fsp3) is 0.375. The van der Waals surface area contributed by atoms with Crippen LogP contribution in [-0.2, 0) is 11.0 Å². The molecule has 2 aliphatic rings. The first kappa shape index (κ1) is 14.0. The predicted molar refractivity (Wildman–Crippen MR) is 69.7 cm³/mol. The van der Waals surface area contributed by atoms with Gasteiger partial charge in [0, 0.05) is 17.1 Å². The highest BCUT2D eigenvalue weighted by atomic mass is 19.4. The van der Waals surface area contributed by atoms with Crippen LogP contribution in [0.1, 0.15) is 35.2 Å². The Morgan fingerprint density at radius 2 is 1.81 bits per heavy atom. The van der Waals surface area contributed by atoms with Crippen molar-refractivity contribution in [1.82, 2.24) is 0 Å². The number of halogens is 3. The molecular formula is C16H13F3O2. The minimum atomic E-state index is -4.58. The van der Waals surface area contributed by atoms with Crippen LogP contribution in [0.25, 0.3) is 0 Å². The number of rotatable bonds is 2. The van der Waals surface area contributed by atoms with E-state index in [1.54, 1.807) is 0 Å². The molecule has 2 aliphatic carbocycles. The van der Waals surface area contributed by atoms with Gasteiger partial charge in [0.05, 0.1) is 5.56 Å². The molecule has 2 unspecified atom stereocenters. The number of allylic oxidation sites excluding steroid dienone is 2. The summed E-state index contributed by atoms with van der Waals surface area (Å²) in [7, 11) is 0. The molecule has 2 atom stereocenters. The van der Waals surface area contributed by atoms with Crippen molar-refractivity contribution in [2.45, 2.75) is 25.4 Å². The van der Waals surface area contributed by atoms with E-state index < -0.39 is 23.1 Å². The smallest absolute Gasteiger partial charge is 0.294 e. The van der Waals surface area contributed by atoms with Crippen LogP contribution in [0.2, 0.25) is 0 Å². The van der Waals surface area contributed by atoms with Crippen molar-refractivity contribution in [2.24, 2.45) is 11.8 Å². The Balaban J connectivity index is 1.96. The van der Waals surface area contributed by atoms with Crippen LogP contribution in [0.15, 0.2) is 35.9 Å². The largest absolute Gasteiger partial charge is 0.417 e. The molecule has 110 valence electrons. The quantitative estimate of drug-likeness (QED) is 0.614. The van der Waals surface area contributed by atoms with E-state index in [1.165, 1.54) is 12.1 Å². The molecule has 0 spiro atoms. The number of fused-ring (bicyclic) bond motifs is 2. The van der Waals surface area contributed by atoms with Crippen LogP contribution in [0.3, 0.4) is 0 Å². The number of alkyl halides is 3. The second-order valence-electron chi connectivity index (χ2n) is 5.58. The van der Waals surface area contributed by atoms with Gasteiger partial charge >= 0.3 is 6.18 Å². The van der Waals surface area contributed by atoms with Crippen molar-refractivity contribution in [3.63, 3.8) is 0 Å². The zero-order chi connectivity index (χ0) is 15.2. The van der Waals surface area contributed by atoms with E-state index in [2.05, 4.69) is 0 Å². The molecule has 2 bridgehead atoms. The zero-order valence-electron chi connectivity index (χ0n) is 11.1. The third kappa shape index (κ3) is 2.41. The molecule has 2 nitrogen and oxygen atoms in total. The molecule has 0 saturated heterocycles. The number of benzene rings is 1. The van der Waals surface area contributed by atoms with Crippen LogP contribution in [-0.4, -0.2) is 11.6 Å². The summed E-state index contributed by atoms with van der Waals surface area (Å²) in [6.07, 6.45) is -1.05. The molecule has 0 aliphatic heterocycles. The molecule has 0 aromatic heterocycles. The SMILES string of the molecule is O=C(C=C1C(=O)C2CCC1C2)c1ccccc1C(F)(F)F. The number of carbonyl (C=O) groups is 2. The van der Waals surface area contributed by atoms with Crippen molar-refractivity contribution < 1.29 is 22.8 Å². The van der Waals surface area contributed by atoms with Gasteiger partial charge in [-0.25, -0.2) is 0 Å². The molecule has 0 radical (unpaired) electrons. The second-order valence-corrected chi connectivity index (χ2v) is 5.58. The lowest BCUT2D eigenvalue weighted by Gasteiger charge is -2.13. The van der Waals surface area contributed by atoms with Gasteiger partial charge in [0.2, 0.25) is 0 Å². The molecule has 5 heteroatoms. The van der Waals surface area contributed by atoms with Crippen LogP contribution >= 0.6 is 0 Å². The van der Waals surface area contributed by atoms with Gasteiger partial charge in [-0.05, 0) is 37.3 Å². The van der Waals surface area contributed by atoms with Gasteiger partial charge in [0.15, 0.2) is 11.6 Å². The number of Topliss-reactive ketones (excluding diaryl/α,β-unsaturated/α-hetero) is 1. The average Bonchev–Trinajstić information content (AvgIpc) is 3.01. The summed E-state index contributed by atoms with van der Waals surface area (Å²) in [5.41, 5.74) is -0.941.